The molecule has 0 aliphatic rings. The van der Waals surface area contributed by atoms with Gasteiger partial charge in [-0.25, -0.2) is 8.42 Å². The molecule has 0 heterocycles. The maximum atomic E-state index is 13.5. The molecule has 0 bridgehead atoms. The highest BCUT2D eigenvalue weighted by atomic mass is 32.2. The summed E-state index contributed by atoms with van der Waals surface area (Å²) in [5, 5.41) is 19.0. The summed E-state index contributed by atoms with van der Waals surface area (Å²) in [5.41, 5.74) is 7.35. The molecule has 0 aliphatic heterocycles. The Balaban J connectivity index is 1.57. The molecule has 8 nitrogen and oxygen atoms in total. The van der Waals surface area contributed by atoms with E-state index in [4.69, 9.17) is 5.73 Å². The molecule has 3 aromatic rings. The lowest BCUT2D eigenvalue weighted by molar-refractivity contribution is -0.123. The zero-order valence-electron chi connectivity index (χ0n) is 25.3. The summed E-state index contributed by atoms with van der Waals surface area (Å²) < 4.78 is 28.4. The predicted molar refractivity (Wildman–Crippen MR) is 172 cm³/mol. The third kappa shape index (κ3) is 9.80. The molecule has 0 saturated carbocycles. The average Bonchev–Trinajstić information content (AvgIpc) is 2.97. The molecule has 230 valence electrons. The number of nitrogens with zero attached hydrogens (tertiary/aromatic N) is 1. The van der Waals surface area contributed by atoms with Crippen molar-refractivity contribution in [3.63, 3.8) is 0 Å². The molecule has 0 spiro atoms. The fourth-order valence-corrected chi connectivity index (χ4v) is 6.87. The standard InChI is InChI=1S/C33H48N4O4S/c1-4-5-19-35-32(22-26-13-14-27-10-6-7-11-28(27)21-26)33(39)36-20-9-8-12-30(24-38)37(23-25(2)3)42(40,41)31-17-15-29(34)16-18-31/h6-7,10-11,13-18,21,25,30,32,35,38H,4-5,8-9,12,19-20,22-24,34H2,1-3H3,(H,36,39)/t30?,32-/m0/s1. The maximum absolute atomic E-state index is 13.5. The first-order valence-corrected chi connectivity index (χ1v) is 16.6. The monoisotopic (exact) mass is 596 g/mol. The third-order valence-electron chi connectivity index (χ3n) is 7.40. The van der Waals surface area contributed by atoms with E-state index in [1.54, 1.807) is 12.1 Å². The second-order valence-electron chi connectivity index (χ2n) is 11.4. The molecule has 0 radical (unpaired) electrons. The number of hydrogen-bond acceptors (Lipinski definition) is 6. The Morgan fingerprint density at radius 2 is 1.67 bits per heavy atom. The highest BCUT2D eigenvalue weighted by Gasteiger charge is 2.31. The number of hydrogen-bond donors (Lipinski definition) is 4. The minimum absolute atomic E-state index is 0.0367. The van der Waals surface area contributed by atoms with E-state index in [-0.39, 0.29) is 29.4 Å². The summed E-state index contributed by atoms with van der Waals surface area (Å²) in [4.78, 5) is 13.4. The van der Waals surface area contributed by atoms with Crippen LogP contribution in [0, 0.1) is 5.92 Å². The minimum Gasteiger partial charge on any atom is -0.399 e. The smallest absolute Gasteiger partial charge is 0.243 e. The van der Waals surface area contributed by atoms with Gasteiger partial charge in [0.05, 0.1) is 17.5 Å². The van der Waals surface area contributed by atoms with Crippen LogP contribution in [0.4, 0.5) is 5.69 Å². The van der Waals surface area contributed by atoms with Gasteiger partial charge in [0, 0.05) is 24.8 Å². The summed E-state index contributed by atoms with van der Waals surface area (Å²) in [5.74, 6) is 0.0481. The molecule has 1 amide bonds. The topological polar surface area (TPSA) is 125 Å². The van der Waals surface area contributed by atoms with Crippen LogP contribution in [0.2, 0.25) is 0 Å². The lowest BCUT2D eigenvalue weighted by Gasteiger charge is -2.31. The molecule has 0 fully saturated rings. The van der Waals surface area contributed by atoms with Crippen molar-refractivity contribution in [1.82, 2.24) is 14.9 Å². The van der Waals surface area contributed by atoms with Crippen molar-refractivity contribution in [2.45, 2.75) is 76.3 Å². The van der Waals surface area contributed by atoms with Crippen molar-refractivity contribution in [3.05, 3.63) is 72.3 Å². The number of nitrogens with two attached hydrogens (primary N) is 1. The summed E-state index contributed by atoms with van der Waals surface area (Å²) in [6.45, 7) is 7.32. The molecule has 0 aliphatic carbocycles. The SMILES string of the molecule is CCCCN[C@@H](Cc1ccc2ccccc2c1)C(=O)NCCCCC(CO)N(CC(C)C)S(=O)(=O)c1ccc(N)cc1. The quantitative estimate of drug-likeness (QED) is 0.124. The van der Waals surface area contributed by atoms with Gasteiger partial charge in [-0.15, -0.1) is 0 Å². The number of fused-ring (bicyclic) bond motifs is 1. The van der Waals surface area contributed by atoms with Crippen molar-refractivity contribution in [2.24, 2.45) is 5.92 Å². The van der Waals surface area contributed by atoms with Crippen LogP contribution in [0.15, 0.2) is 71.6 Å². The van der Waals surface area contributed by atoms with Crippen LogP contribution >= 0.6 is 0 Å². The number of anilines is 1. The fourth-order valence-electron chi connectivity index (χ4n) is 5.06. The Kier molecular flexibility index (Phi) is 13.3. The van der Waals surface area contributed by atoms with Gasteiger partial charge in [0.25, 0.3) is 0 Å². The molecule has 9 heteroatoms. The van der Waals surface area contributed by atoms with Crippen LogP contribution in [0.25, 0.3) is 10.8 Å². The first kappa shape index (κ1) is 33.5. The van der Waals surface area contributed by atoms with Crippen molar-refractivity contribution in [1.29, 1.82) is 0 Å². The number of unbranched alkanes of at least 4 members (excludes halogenated alkanes) is 2. The lowest BCUT2D eigenvalue weighted by Crippen LogP contribution is -2.46. The molecular formula is C33H48N4O4S. The highest BCUT2D eigenvalue weighted by molar-refractivity contribution is 7.89. The number of aliphatic hydroxyl groups is 1. The zero-order chi connectivity index (χ0) is 30.5. The maximum Gasteiger partial charge on any atom is 0.243 e. The first-order valence-electron chi connectivity index (χ1n) is 15.1. The molecular weight excluding hydrogens is 548 g/mol. The normalized spacial score (nSPS) is 13.5. The second kappa shape index (κ2) is 16.6. The first-order chi connectivity index (χ1) is 20.1. The van der Waals surface area contributed by atoms with Gasteiger partial charge in [-0.1, -0.05) is 76.1 Å². The predicted octanol–water partition coefficient (Wildman–Crippen LogP) is 4.72. The van der Waals surface area contributed by atoms with Crippen LogP contribution in [0.1, 0.15) is 58.4 Å². The molecule has 0 aromatic heterocycles. The van der Waals surface area contributed by atoms with Gasteiger partial charge in [-0.3, -0.25) is 4.79 Å². The minimum atomic E-state index is -3.81. The van der Waals surface area contributed by atoms with Gasteiger partial charge < -0.3 is 21.5 Å². The van der Waals surface area contributed by atoms with Gasteiger partial charge in [-0.2, -0.15) is 4.31 Å². The van der Waals surface area contributed by atoms with Crippen LogP contribution in [0.5, 0.6) is 0 Å². The number of amides is 1. The van der Waals surface area contributed by atoms with E-state index in [9.17, 15) is 18.3 Å². The van der Waals surface area contributed by atoms with E-state index in [0.717, 1.165) is 30.3 Å². The van der Waals surface area contributed by atoms with E-state index in [1.165, 1.54) is 21.8 Å². The third-order valence-corrected chi connectivity index (χ3v) is 9.34. The highest BCUT2D eigenvalue weighted by Crippen LogP contribution is 2.23. The van der Waals surface area contributed by atoms with Crippen molar-refractivity contribution in [3.8, 4) is 0 Å². The van der Waals surface area contributed by atoms with Crippen LogP contribution in [-0.2, 0) is 21.2 Å². The van der Waals surface area contributed by atoms with E-state index in [2.05, 4.69) is 47.9 Å². The summed E-state index contributed by atoms with van der Waals surface area (Å²) in [6, 6.07) is 19.8. The average molecular weight is 597 g/mol. The van der Waals surface area contributed by atoms with Crippen molar-refractivity contribution < 1.29 is 18.3 Å². The van der Waals surface area contributed by atoms with Gasteiger partial charge in [0.2, 0.25) is 15.9 Å². The Hall–Kier alpha value is -2.98. The van der Waals surface area contributed by atoms with E-state index < -0.39 is 16.1 Å². The number of carbonyl (C=O) groups is 1. The van der Waals surface area contributed by atoms with Crippen LogP contribution < -0.4 is 16.4 Å². The van der Waals surface area contributed by atoms with Crippen LogP contribution in [-0.4, -0.2) is 62.1 Å². The number of carbonyl (C=O) groups excluding carboxylic acids is 1. The van der Waals surface area contributed by atoms with Crippen molar-refractivity contribution >= 4 is 32.4 Å². The zero-order valence-corrected chi connectivity index (χ0v) is 26.1. The molecule has 3 aromatic carbocycles. The van der Waals surface area contributed by atoms with E-state index in [0.29, 0.717) is 44.5 Å². The molecule has 3 rings (SSSR count). The Labute approximate surface area is 251 Å². The molecule has 0 saturated heterocycles. The number of rotatable bonds is 18. The molecule has 2 atom stereocenters. The van der Waals surface area contributed by atoms with E-state index in [1.807, 2.05) is 26.0 Å². The number of sulfonamides is 1. The van der Waals surface area contributed by atoms with Gasteiger partial charge in [0.15, 0.2) is 0 Å². The largest absolute Gasteiger partial charge is 0.399 e. The molecule has 1 unspecified atom stereocenters. The van der Waals surface area contributed by atoms with Gasteiger partial charge in [0.1, 0.15) is 0 Å². The molecule has 5 N–H and O–H groups in total. The summed E-state index contributed by atoms with van der Waals surface area (Å²) >= 11 is 0. The summed E-state index contributed by atoms with van der Waals surface area (Å²) in [7, 11) is -3.81. The Morgan fingerprint density at radius 3 is 2.33 bits per heavy atom. The molecule has 42 heavy (non-hydrogen) atoms. The Morgan fingerprint density at radius 1 is 0.952 bits per heavy atom. The number of nitrogen functional groups attached to an aromatic ring is 1. The van der Waals surface area contributed by atoms with Crippen LogP contribution in [0.3, 0.4) is 0 Å². The second-order valence-corrected chi connectivity index (χ2v) is 13.3. The number of nitrogens with one attached hydrogen (secondary N) is 2. The Bertz CT molecular complexity index is 1360. The van der Waals surface area contributed by atoms with Gasteiger partial charge >= 0.3 is 0 Å². The van der Waals surface area contributed by atoms with Gasteiger partial charge in [-0.05, 0) is 78.7 Å². The number of aliphatic hydroxyl groups excluding tert-OH is 1. The number of benzene rings is 3. The summed E-state index contributed by atoms with van der Waals surface area (Å²) in [6.07, 6.45) is 4.47. The van der Waals surface area contributed by atoms with Crippen molar-refractivity contribution in [2.75, 3.05) is 32.0 Å². The van der Waals surface area contributed by atoms with E-state index >= 15 is 0 Å². The lowest BCUT2D eigenvalue weighted by atomic mass is 10.0. The fraction of sp³-hybridized carbons (Fsp3) is 0.485.